The molecule has 0 spiro atoms. The highest BCUT2D eigenvalue weighted by Gasteiger charge is 2.32. The average Bonchev–Trinajstić information content (AvgIpc) is 3.09. The molecule has 7 nitrogen and oxygen atoms in total. The minimum absolute atomic E-state index is 0.0992. The van der Waals surface area contributed by atoms with Crippen LogP contribution < -0.4 is 5.32 Å². The zero-order chi connectivity index (χ0) is 21.5. The largest absolute Gasteiger partial charge is 0.478 e. The highest BCUT2D eigenvalue weighted by atomic mass is 32.1. The van der Waals surface area contributed by atoms with E-state index in [1.807, 2.05) is 0 Å². The first kappa shape index (κ1) is 21.1. The molecule has 1 aliphatic carbocycles. The van der Waals surface area contributed by atoms with Crippen molar-refractivity contribution in [3.8, 4) is 6.07 Å². The monoisotopic (exact) mass is 414 g/mol. The second-order valence-electron chi connectivity index (χ2n) is 8.68. The van der Waals surface area contributed by atoms with Gasteiger partial charge in [-0.3, -0.25) is 9.48 Å². The van der Waals surface area contributed by atoms with Gasteiger partial charge in [0, 0.05) is 4.88 Å². The van der Waals surface area contributed by atoms with Gasteiger partial charge in [-0.2, -0.15) is 10.4 Å². The van der Waals surface area contributed by atoms with E-state index in [0.29, 0.717) is 27.9 Å². The summed E-state index contributed by atoms with van der Waals surface area (Å²) in [6, 6.07) is 2.26. The van der Waals surface area contributed by atoms with Gasteiger partial charge in [0.15, 0.2) is 0 Å². The first-order chi connectivity index (χ1) is 13.5. The Labute approximate surface area is 174 Å². The Balaban J connectivity index is 1.80. The van der Waals surface area contributed by atoms with E-state index >= 15 is 0 Å². The summed E-state index contributed by atoms with van der Waals surface area (Å²) in [5.41, 5.74) is 2.76. The molecule has 0 aliphatic heterocycles. The fourth-order valence-electron chi connectivity index (χ4n) is 3.99. The molecule has 2 aromatic heterocycles. The van der Waals surface area contributed by atoms with Crippen molar-refractivity contribution < 1.29 is 14.7 Å². The lowest BCUT2D eigenvalue weighted by Gasteiger charge is -2.33. The molecule has 1 unspecified atom stereocenters. The van der Waals surface area contributed by atoms with Crippen LogP contribution in [0, 0.1) is 36.5 Å². The molecular formula is C21H26N4O3S. The Morgan fingerprint density at radius 2 is 2.07 bits per heavy atom. The number of aryl methyl sites for hydroxylation is 1. The predicted molar refractivity (Wildman–Crippen MR) is 111 cm³/mol. The number of rotatable bonds is 4. The second-order valence-corrected chi connectivity index (χ2v) is 9.79. The van der Waals surface area contributed by atoms with Crippen molar-refractivity contribution in [2.75, 3.05) is 5.32 Å². The zero-order valence-electron chi connectivity index (χ0n) is 17.4. The molecule has 0 saturated heterocycles. The Bertz CT molecular complexity index is 1020. The number of carbonyl (C=O) groups is 2. The van der Waals surface area contributed by atoms with Gasteiger partial charge in [0.05, 0.1) is 17.0 Å². The minimum atomic E-state index is -1.06. The predicted octanol–water partition coefficient (Wildman–Crippen LogP) is 3.92. The van der Waals surface area contributed by atoms with E-state index in [0.717, 1.165) is 24.8 Å². The van der Waals surface area contributed by atoms with Gasteiger partial charge < -0.3 is 10.4 Å². The molecule has 8 heteroatoms. The standard InChI is InChI=1S/C21H26N4O3S/c1-11-18(20(27)28)12(2)25(24-11)10-17(26)23-19-15(9-22)14-7-6-13(21(3,4)5)8-16(14)29-19/h13H,6-8,10H2,1-5H3,(H,23,26)(H,27,28). The number of carboxylic acids is 1. The summed E-state index contributed by atoms with van der Waals surface area (Å²) in [5, 5.41) is 26.5. The van der Waals surface area contributed by atoms with Crippen LogP contribution in [0.5, 0.6) is 0 Å². The Hall–Kier alpha value is -2.66. The van der Waals surface area contributed by atoms with Gasteiger partial charge in [-0.1, -0.05) is 20.8 Å². The van der Waals surface area contributed by atoms with Gasteiger partial charge in [-0.15, -0.1) is 11.3 Å². The van der Waals surface area contributed by atoms with Crippen LogP contribution in [0.15, 0.2) is 0 Å². The van der Waals surface area contributed by atoms with Crippen LogP contribution >= 0.6 is 11.3 Å². The number of aromatic carboxylic acids is 1. The number of nitrogens with zero attached hydrogens (tertiary/aromatic N) is 3. The van der Waals surface area contributed by atoms with Crippen LogP contribution in [-0.4, -0.2) is 26.8 Å². The van der Waals surface area contributed by atoms with E-state index < -0.39 is 5.97 Å². The molecule has 2 aromatic rings. The number of aromatic nitrogens is 2. The van der Waals surface area contributed by atoms with Crippen molar-refractivity contribution in [3.05, 3.63) is 33.0 Å². The lowest BCUT2D eigenvalue weighted by molar-refractivity contribution is -0.116. The first-order valence-electron chi connectivity index (χ1n) is 9.64. The number of thiophene rings is 1. The number of fused-ring (bicyclic) bond motifs is 1. The lowest BCUT2D eigenvalue weighted by Crippen LogP contribution is -2.26. The van der Waals surface area contributed by atoms with E-state index in [4.69, 9.17) is 0 Å². The molecule has 1 amide bonds. The summed E-state index contributed by atoms with van der Waals surface area (Å²) in [7, 11) is 0. The van der Waals surface area contributed by atoms with E-state index in [2.05, 4.69) is 37.3 Å². The molecule has 0 bridgehead atoms. The maximum absolute atomic E-state index is 12.6. The number of hydrogen-bond acceptors (Lipinski definition) is 5. The van der Waals surface area contributed by atoms with E-state index in [9.17, 15) is 20.0 Å². The lowest BCUT2D eigenvalue weighted by atomic mass is 9.72. The average molecular weight is 415 g/mol. The van der Waals surface area contributed by atoms with Crippen molar-refractivity contribution in [1.29, 1.82) is 5.26 Å². The molecule has 29 heavy (non-hydrogen) atoms. The highest BCUT2D eigenvalue weighted by Crippen LogP contribution is 2.43. The van der Waals surface area contributed by atoms with E-state index in [-0.39, 0.29) is 23.4 Å². The summed E-state index contributed by atoms with van der Waals surface area (Å²) in [4.78, 5) is 25.1. The van der Waals surface area contributed by atoms with Crippen LogP contribution in [0.3, 0.4) is 0 Å². The number of amides is 1. The van der Waals surface area contributed by atoms with Crippen LogP contribution in [-0.2, 0) is 24.2 Å². The first-order valence-corrected chi connectivity index (χ1v) is 10.5. The van der Waals surface area contributed by atoms with E-state index in [1.54, 1.807) is 13.8 Å². The van der Waals surface area contributed by atoms with Crippen LogP contribution in [0.2, 0.25) is 0 Å². The van der Waals surface area contributed by atoms with Gasteiger partial charge in [-0.25, -0.2) is 4.79 Å². The third-order valence-electron chi connectivity index (χ3n) is 5.74. The molecule has 1 aliphatic rings. The summed E-state index contributed by atoms with van der Waals surface area (Å²) >= 11 is 1.48. The number of anilines is 1. The molecule has 0 radical (unpaired) electrons. The zero-order valence-corrected chi connectivity index (χ0v) is 18.2. The number of nitriles is 1. The third kappa shape index (κ3) is 4.06. The minimum Gasteiger partial charge on any atom is -0.478 e. The number of hydrogen-bond donors (Lipinski definition) is 2. The number of carboxylic acid groups (broad SMARTS) is 1. The molecular weight excluding hydrogens is 388 g/mol. The second kappa shape index (κ2) is 7.64. The summed E-state index contributed by atoms with van der Waals surface area (Å²) < 4.78 is 1.39. The summed E-state index contributed by atoms with van der Waals surface area (Å²) in [5.74, 6) is -0.833. The Morgan fingerprint density at radius 3 is 2.62 bits per heavy atom. The quantitative estimate of drug-likeness (QED) is 0.788. The van der Waals surface area contributed by atoms with Gasteiger partial charge in [0.2, 0.25) is 5.91 Å². The molecule has 0 fully saturated rings. The topological polar surface area (TPSA) is 108 Å². The highest BCUT2D eigenvalue weighted by molar-refractivity contribution is 7.16. The Morgan fingerprint density at radius 1 is 1.38 bits per heavy atom. The number of nitrogens with one attached hydrogen (secondary N) is 1. The van der Waals surface area contributed by atoms with Gasteiger partial charge in [0.1, 0.15) is 23.2 Å². The summed E-state index contributed by atoms with van der Waals surface area (Å²) in [6.45, 7) is 9.86. The molecule has 1 atom stereocenters. The van der Waals surface area contributed by atoms with Gasteiger partial charge >= 0.3 is 5.97 Å². The molecule has 0 aromatic carbocycles. The molecule has 154 valence electrons. The third-order valence-corrected chi connectivity index (χ3v) is 6.91. The summed E-state index contributed by atoms with van der Waals surface area (Å²) in [6.07, 6.45) is 2.82. The van der Waals surface area contributed by atoms with Crippen molar-refractivity contribution in [1.82, 2.24) is 9.78 Å². The van der Waals surface area contributed by atoms with Gasteiger partial charge in [-0.05, 0) is 50.0 Å². The van der Waals surface area contributed by atoms with Crippen LogP contribution in [0.4, 0.5) is 5.00 Å². The van der Waals surface area contributed by atoms with Crippen molar-refractivity contribution in [2.45, 2.75) is 60.4 Å². The van der Waals surface area contributed by atoms with E-state index in [1.165, 1.54) is 20.9 Å². The smallest absolute Gasteiger partial charge is 0.339 e. The van der Waals surface area contributed by atoms with Crippen molar-refractivity contribution in [3.63, 3.8) is 0 Å². The number of carbonyl (C=O) groups excluding carboxylic acids is 1. The van der Waals surface area contributed by atoms with Crippen LogP contribution in [0.1, 0.15) is 64.9 Å². The maximum Gasteiger partial charge on any atom is 0.339 e. The normalized spacial score (nSPS) is 16.2. The molecule has 2 N–H and O–H groups in total. The fourth-order valence-corrected chi connectivity index (χ4v) is 5.29. The fraction of sp³-hybridized carbons (Fsp3) is 0.524. The van der Waals surface area contributed by atoms with Crippen molar-refractivity contribution in [2.24, 2.45) is 11.3 Å². The maximum atomic E-state index is 12.6. The molecule has 0 saturated carbocycles. The molecule has 3 rings (SSSR count). The van der Waals surface area contributed by atoms with Crippen molar-refractivity contribution >= 4 is 28.2 Å². The van der Waals surface area contributed by atoms with Gasteiger partial charge in [0.25, 0.3) is 0 Å². The molecule has 2 heterocycles. The Kier molecular flexibility index (Phi) is 5.54. The SMILES string of the molecule is Cc1nn(CC(=O)Nc2sc3c(c2C#N)CCC(C(C)(C)C)C3)c(C)c1C(=O)O. The van der Waals surface area contributed by atoms with Crippen LogP contribution in [0.25, 0.3) is 0 Å².